The number of aromatic nitrogens is 2. The highest BCUT2D eigenvalue weighted by atomic mass is 35.5. The van der Waals surface area contributed by atoms with Gasteiger partial charge in [0.25, 0.3) is 0 Å². The van der Waals surface area contributed by atoms with Crippen molar-refractivity contribution in [2.24, 2.45) is 0 Å². The van der Waals surface area contributed by atoms with Crippen LogP contribution in [-0.2, 0) is 4.79 Å². The van der Waals surface area contributed by atoms with Crippen molar-refractivity contribution >= 4 is 23.3 Å². The van der Waals surface area contributed by atoms with Gasteiger partial charge in [-0.25, -0.2) is 4.68 Å². The minimum atomic E-state index is 0.0276. The Morgan fingerprint density at radius 2 is 2.05 bits per heavy atom. The third-order valence-corrected chi connectivity index (χ3v) is 3.86. The van der Waals surface area contributed by atoms with Crippen molar-refractivity contribution in [2.45, 2.75) is 32.2 Å². The minimum Gasteiger partial charge on any atom is -0.311 e. The van der Waals surface area contributed by atoms with Gasteiger partial charge in [0.1, 0.15) is 5.82 Å². The fourth-order valence-corrected chi connectivity index (χ4v) is 2.75. The molecule has 1 aliphatic heterocycles. The van der Waals surface area contributed by atoms with E-state index in [1.54, 1.807) is 0 Å². The van der Waals surface area contributed by atoms with Crippen molar-refractivity contribution < 1.29 is 4.79 Å². The molecule has 1 aromatic heterocycles. The summed E-state index contributed by atoms with van der Waals surface area (Å²) < 4.78 is 1.86. The monoisotopic (exact) mass is 289 g/mol. The largest absolute Gasteiger partial charge is 0.311 e. The van der Waals surface area contributed by atoms with Gasteiger partial charge in [0.2, 0.25) is 5.91 Å². The van der Waals surface area contributed by atoms with E-state index in [2.05, 4.69) is 10.4 Å². The van der Waals surface area contributed by atoms with Crippen molar-refractivity contribution in [3.63, 3.8) is 0 Å². The Morgan fingerprint density at radius 3 is 2.70 bits per heavy atom. The quantitative estimate of drug-likeness (QED) is 0.918. The van der Waals surface area contributed by atoms with E-state index in [0.717, 1.165) is 16.9 Å². The summed E-state index contributed by atoms with van der Waals surface area (Å²) >= 11 is 5.93. The Labute approximate surface area is 122 Å². The maximum Gasteiger partial charge on any atom is 0.226 e. The van der Waals surface area contributed by atoms with Crippen LogP contribution in [0.15, 0.2) is 30.5 Å². The summed E-state index contributed by atoms with van der Waals surface area (Å²) in [5.41, 5.74) is 2.16. The fourth-order valence-electron chi connectivity index (χ4n) is 2.62. The van der Waals surface area contributed by atoms with Gasteiger partial charge in [-0.15, -0.1) is 0 Å². The topological polar surface area (TPSA) is 46.9 Å². The zero-order valence-corrected chi connectivity index (χ0v) is 12.2. The number of fused-ring (bicyclic) bond motifs is 1. The first kappa shape index (κ1) is 13.2. The lowest BCUT2D eigenvalue weighted by Crippen LogP contribution is -2.25. The van der Waals surface area contributed by atoms with Crippen LogP contribution >= 0.6 is 11.6 Å². The van der Waals surface area contributed by atoms with Crippen LogP contribution < -0.4 is 5.32 Å². The van der Waals surface area contributed by atoms with Crippen LogP contribution in [0.4, 0.5) is 5.82 Å². The molecular formula is C15H16ClN3O. The number of anilines is 1. The second-order valence-corrected chi connectivity index (χ2v) is 5.78. The van der Waals surface area contributed by atoms with Gasteiger partial charge in [0.05, 0.1) is 6.20 Å². The molecule has 1 aromatic carbocycles. The number of hydrogen-bond acceptors (Lipinski definition) is 2. The van der Waals surface area contributed by atoms with E-state index in [4.69, 9.17) is 11.6 Å². The molecule has 0 saturated carbocycles. The highest BCUT2D eigenvalue weighted by Gasteiger charge is 2.30. The van der Waals surface area contributed by atoms with E-state index in [9.17, 15) is 4.79 Å². The molecule has 4 nitrogen and oxygen atoms in total. The molecule has 0 saturated heterocycles. The third kappa shape index (κ3) is 2.20. The highest BCUT2D eigenvalue weighted by molar-refractivity contribution is 6.30. The number of hydrogen-bond donors (Lipinski definition) is 1. The van der Waals surface area contributed by atoms with Crippen molar-refractivity contribution in [3.05, 3.63) is 46.6 Å². The molecule has 1 amide bonds. The number of nitrogens with zero attached hydrogens (tertiary/aromatic N) is 2. The average Bonchev–Trinajstić information content (AvgIpc) is 2.82. The van der Waals surface area contributed by atoms with E-state index in [1.165, 1.54) is 0 Å². The van der Waals surface area contributed by atoms with Gasteiger partial charge < -0.3 is 5.32 Å². The van der Waals surface area contributed by atoms with Gasteiger partial charge in [-0.05, 0) is 31.5 Å². The molecule has 2 aromatic rings. The smallest absolute Gasteiger partial charge is 0.226 e. The molecule has 0 aliphatic carbocycles. The first-order valence-corrected chi connectivity index (χ1v) is 7.06. The second-order valence-electron chi connectivity index (χ2n) is 5.34. The first-order chi connectivity index (χ1) is 9.56. The van der Waals surface area contributed by atoms with Gasteiger partial charge in [0.15, 0.2) is 0 Å². The number of rotatable bonds is 2. The summed E-state index contributed by atoms with van der Waals surface area (Å²) in [6, 6.07) is 7.87. The third-order valence-electron chi connectivity index (χ3n) is 3.61. The van der Waals surface area contributed by atoms with E-state index < -0.39 is 0 Å². The van der Waals surface area contributed by atoms with Crippen LogP contribution in [0, 0.1) is 0 Å². The summed E-state index contributed by atoms with van der Waals surface area (Å²) in [5, 5.41) is 8.04. The Morgan fingerprint density at radius 1 is 1.35 bits per heavy atom. The van der Waals surface area contributed by atoms with Crippen molar-refractivity contribution in [2.75, 3.05) is 5.32 Å². The van der Waals surface area contributed by atoms with Gasteiger partial charge in [-0.1, -0.05) is 23.7 Å². The maximum atomic E-state index is 12.0. The molecule has 0 radical (unpaired) electrons. The molecule has 1 unspecified atom stereocenters. The van der Waals surface area contributed by atoms with Crippen molar-refractivity contribution in [3.8, 4) is 0 Å². The zero-order chi connectivity index (χ0) is 14.3. The molecule has 1 aliphatic rings. The Bertz CT molecular complexity index is 646. The Kier molecular flexibility index (Phi) is 3.26. The van der Waals surface area contributed by atoms with E-state index in [0.29, 0.717) is 11.4 Å². The van der Waals surface area contributed by atoms with Gasteiger partial charge in [-0.2, -0.15) is 5.10 Å². The van der Waals surface area contributed by atoms with Crippen LogP contribution in [0.2, 0.25) is 5.02 Å². The molecule has 5 heteroatoms. The lowest BCUT2D eigenvalue weighted by Gasteiger charge is -2.24. The van der Waals surface area contributed by atoms with Crippen LogP contribution in [0.3, 0.4) is 0 Å². The normalized spacial score (nSPS) is 18.0. The minimum absolute atomic E-state index is 0.0276. The summed E-state index contributed by atoms with van der Waals surface area (Å²) in [5.74, 6) is 0.888. The fraction of sp³-hybridized carbons (Fsp3) is 0.333. The zero-order valence-electron chi connectivity index (χ0n) is 11.4. The van der Waals surface area contributed by atoms with E-state index >= 15 is 0 Å². The van der Waals surface area contributed by atoms with Gasteiger partial charge >= 0.3 is 0 Å². The van der Waals surface area contributed by atoms with E-state index in [-0.39, 0.29) is 17.9 Å². The Hall–Kier alpha value is -1.81. The predicted molar refractivity (Wildman–Crippen MR) is 79.2 cm³/mol. The molecule has 1 N–H and O–H groups in total. The second kappa shape index (κ2) is 4.94. The molecular weight excluding hydrogens is 274 g/mol. The van der Waals surface area contributed by atoms with Gasteiger partial charge in [-0.3, -0.25) is 4.79 Å². The molecule has 2 heterocycles. The summed E-state index contributed by atoms with van der Waals surface area (Å²) in [6.07, 6.45) is 2.30. The molecule has 104 valence electrons. The van der Waals surface area contributed by atoms with Crippen molar-refractivity contribution in [1.82, 2.24) is 9.78 Å². The number of carbonyl (C=O) groups is 1. The average molecular weight is 290 g/mol. The molecule has 20 heavy (non-hydrogen) atoms. The van der Waals surface area contributed by atoms with Crippen LogP contribution in [0.1, 0.15) is 43.4 Å². The number of amides is 1. The summed E-state index contributed by atoms with van der Waals surface area (Å²) in [4.78, 5) is 12.0. The van der Waals surface area contributed by atoms with Crippen LogP contribution in [0.25, 0.3) is 0 Å². The summed E-state index contributed by atoms with van der Waals surface area (Å²) in [6.45, 7) is 4.09. The molecule has 1 atom stereocenters. The standard InChI is InChI=1S/C15H16ClN3O/c1-9(2)19-15-13(8-17-19)12(7-14(20)18-15)10-3-5-11(16)6-4-10/h3-6,8-9,12H,7H2,1-2H3,(H,18,20). The van der Waals surface area contributed by atoms with Crippen LogP contribution in [0.5, 0.6) is 0 Å². The van der Waals surface area contributed by atoms with Crippen LogP contribution in [-0.4, -0.2) is 15.7 Å². The number of benzene rings is 1. The molecule has 0 bridgehead atoms. The SMILES string of the molecule is CC(C)n1ncc2c1NC(=O)CC2c1ccc(Cl)cc1. The Balaban J connectivity index is 2.06. The molecule has 0 fully saturated rings. The number of halogens is 1. The maximum absolute atomic E-state index is 12.0. The van der Waals surface area contributed by atoms with E-state index in [1.807, 2.05) is 49.0 Å². The first-order valence-electron chi connectivity index (χ1n) is 6.69. The van der Waals surface area contributed by atoms with Crippen molar-refractivity contribution in [1.29, 1.82) is 0 Å². The lowest BCUT2D eigenvalue weighted by molar-refractivity contribution is -0.116. The predicted octanol–water partition coefficient (Wildman–Crippen LogP) is 3.59. The molecule has 0 spiro atoms. The summed E-state index contributed by atoms with van der Waals surface area (Å²) in [7, 11) is 0. The number of nitrogens with one attached hydrogen (secondary N) is 1. The lowest BCUT2D eigenvalue weighted by atomic mass is 9.87. The van der Waals surface area contributed by atoms with Gasteiger partial charge in [0, 0.05) is 29.0 Å². The number of carbonyl (C=O) groups excluding carboxylic acids is 1. The highest BCUT2D eigenvalue weighted by Crippen LogP contribution is 2.38. The molecule has 3 rings (SSSR count).